The molecule has 3 atom stereocenters. The Labute approximate surface area is 315 Å². The summed E-state index contributed by atoms with van der Waals surface area (Å²) in [6, 6.07) is 15.9. The molecule has 0 aliphatic heterocycles. The third-order valence-corrected chi connectivity index (χ3v) is 9.08. The highest BCUT2D eigenvalue weighted by Crippen LogP contribution is 2.27. The predicted molar refractivity (Wildman–Crippen MR) is 204 cm³/mol. The average Bonchev–Trinajstić information content (AvgIpc) is 3.10. The van der Waals surface area contributed by atoms with Crippen molar-refractivity contribution in [3.05, 3.63) is 71.8 Å². The summed E-state index contributed by atoms with van der Waals surface area (Å²) in [5, 5.41) is 31.7. The predicted octanol–water partition coefficient (Wildman–Crippen LogP) is 7.61. The van der Waals surface area contributed by atoms with Crippen molar-refractivity contribution in [2.45, 2.75) is 132 Å². The first-order valence-corrected chi connectivity index (χ1v) is 17.9. The van der Waals surface area contributed by atoms with Crippen molar-refractivity contribution in [1.29, 1.82) is 0 Å². The summed E-state index contributed by atoms with van der Waals surface area (Å²) in [4.78, 5) is 56.3. The number of rotatable bonds is 18. The van der Waals surface area contributed by atoms with E-state index in [-0.39, 0.29) is 29.5 Å². The molecule has 0 unspecified atom stereocenters. The molecule has 2 aromatic carbocycles. The topological polar surface area (TPSA) is 215 Å². The summed E-state index contributed by atoms with van der Waals surface area (Å²) in [7, 11) is 0. The summed E-state index contributed by atoms with van der Waals surface area (Å²) in [6.45, 7) is 18.2. The van der Waals surface area contributed by atoms with Crippen molar-refractivity contribution in [2.75, 3.05) is 0 Å². The fourth-order valence-electron chi connectivity index (χ4n) is 4.44. The minimum Gasteiger partial charge on any atom is -0.480 e. The minimum absolute atomic E-state index is 0.0395. The van der Waals surface area contributed by atoms with Gasteiger partial charge in [-0.15, -0.1) is 0 Å². The average molecular weight is 746 g/mol. The van der Waals surface area contributed by atoms with E-state index in [2.05, 4.69) is 10.6 Å². The number of carboxylic acid groups (broad SMARTS) is 3. The van der Waals surface area contributed by atoms with Gasteiger partial charge in [0.2, 0.25) is 0 Å². The maximum absolute atomic E-state index is 11.7. The summed E-state index contributed by atoms with van der Waals surface area (Å²) < 4.78 is 10.1. The Morgan fingerprint density at radius 1 is 0.566 bits per heavy atom. The van der Waals surface area contributed by atoms with E-state index >= 15 is 0 Å². The number of aliphatic carboxylic acids is 3. The number of carbonyl (C=O) groups excluding carboxylic acids is 2. The molecular weight excluding hydrogens is 682 g/mol. The van der Waals surface area contributed by atoms with E-state index in [1.54, 1.807) is 0 Å². The zero-order valence-corrected chi connectivity index (χ0v) is 32.9. The Morgan fingerprint density at radius 3 is 1.13 bits per heavy atom. The lowest BCUT2D eigenvalue weighted by Crippen LogP contribution is -2.43. The molecule has 0 radical (unpaired) electrons. The van der Waals surface area contributed by atoms with Gasteiger partial charge in [0.05, 0.1) is 0 Å². The van der Waals surface area contributed by atoms with Crippen molar-refractivity contribution in [3.63, 3.8) is 0 Å². The normalized spacial score (nSPS) is 12.9. The van der Waals surface area contributed by atoms with Crippen LogP contribution in [-0.2, 0) is 37.1 Å². The van der Waals surface area contributed by atoms with Gasteiger partial charge in [0, 0.05) is 0 Å². The number of hydrogen-bond acceptors (Lipinski definition) is 8. The van der Waals surface area contributed by atoms with E-state index < -0.39 is 48.2 Å². The second-order valence-corrected chi connectivity index (χ2v) is 15.3. The summed E-state index contributed by atoms with van der Waals surface area (Å²) in [5.74, 6) is -3.01. The first-order chi connectivity index (χ1) is 24.6. The van der Waals surface area contributed by atoms with E-state index in [9.17, 15) is 34.2 Å². The smallest absolute Gasteiger partial charge is 0.408 e. The zero-order chi connectivity index (χ0) is 40.8. The molecule has 2 amide bonds. The Bertz CT molecular complexity index is 1310. The van der Waals surface area contributed by atoms with Crippen LogP contribution in [0.4, 0.5) is 9.59 Å². The van der Waals surface area contributed by atoms with Crippen LogP contribution in [0.3, 0.4) is 0 Å². The van der Waals surface area contributed by atoms with Crippen LogP contribution >= 0.6 is 0 Å². The molecule has 7 N–H and O–H groups in total. The molecule has 13 heteroatoms. The maximum atomic E-state index is 11.7. The fraction of sp³-hybridized carbons (Fsp3) is 0.575. The molecule has 0 saturated heterocycles. The van der Waals surface area contributed by atoms with Crippen LogP contribution in [0.15, 0.2) is 60.7 Å². The number of ether oxygens (including phenoxy) is 2. The minimum atomic E-state index is -1.05. The monoisotopic (exact) mass is 745 g/mol. The van der Waals surface area contributed by atoms with Gasteiger partial charge >= 0.3 is 30.1 Å². The summed E-state index contributed by atoms with van der Waals surface area (Å²) in [5.41, 5.74) is 6.81. The first-order valence-electron chi connectivity index (χ1n) is 17.9. The van der Waals surface area contributed by atoms with Gasteiger partial charge in [0.1, 0.15) is 31.3 Å². The number of carboxylic acids is 3. The molecule has 0 fully saturated rings. The third kappa shape index (κ3) is 22.8. The SMILES string of the molecule is CCC(C)(C)C[C@@H](NC(=O)OCc1ccccc1)C(=O)O.CCC(C)(C)C[C@H](N)C(=O)O.CCC(C)(C)C[C@H](NC(=O)OCc1ccccc1)C(=O)O. The number of alkyl carbamates (subject to hydrolysis) is 2. The second-order valence-electron chi connectivity index (χ2n) is 15.3. The van der Waals surface area contributed by atoms with Gasteiger partial charge in [-0.1, -0.05) is 142 Å². The Balaban J connectivity index is 0.000000806. The number of benzene rings is 2. The van der Waals surface area contributed by atoms with E-state index in [4.69, 9.17) is 20.3 Å². The van der Waals surface area contributed by atoms with Gasteiger partial charge in [0.15, 0.2) is 0 Å². The number of amides is 2. The van der Waals surface area contributed by atoms with Gasteiger partial charge in [-0.05, 0) is 46.6 Å². The molecule has 13 nitrogen and oxygen atoms in total. The number of carbonyl (C=O) groups is 5. The Hall–Kier alpha value is -4.65. The molecular formula is C40H63N3O10. The standard InChI is InChI=1S/2C16H23NO4.C8H17NO2/c2*1-4-16(2,3)10-13(14(18)19)17-15(20)21-11-12-8-6-5-7-9-12;1-4-8(2,3)5-6(9)7(10)11/h2*5-9,13H,4,10-11H2,1-3H3,(H,17,20)(H,18,19);6H,4-5,9H2,1-3H3,(H,10,11)/t2*13-;6-/m100/s1. The lowest BCUT2D eigenvalue weighted by molar-refractivity contribution is -0.141. The highest BCUT2D eigenvalue weighted by atomic mass is 16.6. The van der Waals surface area contributed by atoms with E-state index in [0.717, 1.165) is 30.4 Å². The van der Waals surface area contributed by atoms with Gasteiger partial charge < -0.3 is 41.2 Å². The van der Waals surface area contributed by atoms with Crippen LogP contribution < -0.4 is 16.4 Å². The van der Waals surface area contributed by atoms with Crippen LogP contribution in [0.25, 0.3) is 0 Å². The maximum Gasteiger partial charge on any atom is 0.408 e. The zero-order valence-electron chi connectivity index (χ0n) is 32.9. The number of nitrogens with one attached hydrogen (secondary N) is 2. The molecule has 0 spiro atoms. The first kappa shape index (κ1) is 48.3. The van der Waals surface area contributed by atoms with E-state index in [1.807, 2.05) is 123 Å². The molecule has 2 aromatic rings. The van der Waals surface area contributed by atoms with Crippen molar-refractivity contribution in [3.8, 4) is 0 Å². The van der Waals surface area contributed by atoms with Crippen LogP contribution in [-0.4, -0.2) is 63.5 Å². The molecule has 0 aliphatic carbocycles. The number of nitrogens with two attached hydrogens (primary N) is 1. The molecule has 2 rings (SSSR count). The molecule has 0 aliphatic rings. The van der Waals surface area contributed by atoms with Crippen molar-refractivity contribution < 1.29 is 48.8 Å². The van der Waals surface area contributed by atoms with Gasteiger partial charge in [-0.3, -0.25) is 4.79 Å². The highest BCUT2D eigenvalue weighted by Gasteiger charge is 2.29. The van der Waals surface area contributed by atoms with Gasteiger partial charge in [-0.25, -0.2) is 19.2 Å². The lowest BCUT2D eigenvalue weighted by Gasteiger charge is -2.26. The van der Waals surface area contributed by atoms with Gasteiger partial charge in [0.25, 0.3) is 0 Å². The summed E-state index contributed by atoms with van der Waals surface area (Å²) in [6.07, 6.45) is 2.46. The molecule has 0 bridgehead atoms. The van der Waals surface area contributed by atoms with E-state index in [1.165, 1.54) is 0 Å². The van der Waals surface area contributed by atoms with Crippen LogP contribution in [0.1, 0.15) is 112 Å². The van der Waals surface area contributed by atoms with Crippen molar-refractivity contribution in [2.24, 2.45) is 22.0 Å². The molecule has 0 aromatic heterocycles. The molecule has 53 heavy (non-hydrogen) atoms. The van der Waals surface area contributed by atoms with Gasteiger partial charge in [-0.2, -0.15) is 0 Å². The molecule has 0 heterocycles. The Kier molecular flexibility index (Phi) is 21.7. The third-order valence-electron chi connectivity index (χ3n) is 9.08. The number of hydrogen-bond donors (Lipinski definition) is 6. The largest absolute Gasteiger partial charge is 0.480 e. The summed E-state index contributed by atoms with van der Waals surface area (Å²) >= 11 is 0. The van der Waals surface area contributed by atoms with Crippen LogP contribution in [0, 0.1) is 16.2 Å². The Morgan fingerprint density at radius 2 is 0.868 bits per heavy atom. The molecule has 0 saturated carbocycles. The fourth-order valence-corrected chi connectivity index (χ4v) is 4.44. The van der Waals surface area contributed by atoms with Crippen molar-refractivity contribution >= 4 is 30.1 Å². The second kappa shape index (κ2) is 23.8. The lowest BCUT2D eigenvalue weighted by atomic mass is 9.83. The molecule has 298 valence electrons. The highest BCUT2D eigenvalue weighted by molar-refractivity contribution is 5.80. The quantitative estimate of drug-likeness (QED) is 0.0873. The van der Waals surface area contributed by atoms with Crippen LogP contribution in [0.2, 0.25) is 0 Å². The van der Waals surface area contributed by atoms with Crippen molar-refractivity contribution in [1.82, 2.24) is 10.6 Å². The van der Waals surface area contributed by atoms with E-state index in [0.29, 0.717) is 19.3 Å². The van der Waals surface area contributed by atoms with Crippen LogP contribution in [0.5, 0.6) is 0 Å².